The van der Waals surface area contributed by atoms with Crippen molar-refractivity contribution in [1.29, 1.82) is 0 Å². The Morgan fingerprint density at radius 2 is 1.66 bits per heavy atom. The van der Waals surface area contributed by atoms with Gasteiger partial charge >= 0.3 is 0 Å². The van der Waals surface area contributed by atoms with Crippen LogP contribution in [0, 0.1) is 0 Å². The minimum absolute atomic E-state index is 0.0863. The largest absolute Gasteiger partial charge is 0.484 e. The van der Waals surface area contributed by atoms with Crippen LogP contribution >= 0.6 is 15.9 Å². The number of amides is 1. The average molecular weight is 492 g/mol. The molecule has 5 nitrogen and oxygen atoms in total. The topological polar surface area (TPSA) is 68.5 Å². The van der Waals surface area contributed by atoms with Crippen molar-refractivity contribution >= 4 is 44.3 Å². The minimum atomic E-state index is -0.380. The zero-order chi connectivity index (χ0) is 22.7. The number of furan rings is 1. The minimum Gasteiger partial charge on any atom is -0.484 e. The quantitative estimate of drug-likeness (QED) is 0.297. The van der Waals surface area contributed by atoms with Crippen LogP contribution < -0.4 is 10.1 Å². The number of rotatable bonds is 7. The van der Waals surface area contributed by atoms with Gasteiger partial charge in [0.05, 0.1) is 5.69 Å². The van der Waals surface area contributed by atoms with E-state index >= 15 is 0 Å². The van der Waals surface area contributed by atoms with E-state index in [1.54, 1.807) is 36.4 Å². The highest BCUT2D eigenvalue weighted by molar-refractivity contribution is 9.10. The van der Waals surface area contributed by atoms with Crippen LogP contribution in [0.25, 0.3) is 11.0 Å². The average Bonchev–Trinajstić information content (AvgIpc) is 3.16. The lowest BCUT2D eigenvalue weighted by Gasteiger charge is -2.10. The Balaban J connectivity index is 1.55. The SMILES string of the molecule is CC(C)c1ccc(OCC(=O)Nc2c(C(=O)c3ccc(Br)cc3)oc3ccccc23)cc1. The maximum atomic E-state index is 13.1. The molecule has 0 atom stereocenters. The van der Waals surface area contributed by atoms with Gasteiger partial charge in [0.2, 0.25) is 5.78 Å². The van der Waals surface area contributed by atoms with Crippen molar-refractivity contribution in [2.45, 2.75) is 19.8 Å². The number of nitrogens with one attached hydrogen (secondary N) is 1. The van der Waals surface area contributed by atoms with Crippen molar-refractivity contribution in [3.63, 3.8) is 0 Å². The fourth-order valence-corrected chi connectivity index (χ4v) is 3.60. The Morgan fingerprint density at radius 3 is 2.34 bits per heavy atom. The predicted molar refractivity (Wildman–Crippen MR) is 128 cm³/mol. The van der Waals surface area contributed by atoms with Crippen molar-refractivity contribution in [3.8, 4) is 5.75 Å². The summed E-state index contributed by atoms with van der Waals surface area (Å²) < 4.78 is 12.3. The molecule has 0 bridgehead atoms. The predicted octanol–water partition coefficient (Wildman–Crippen LogP) is 6.57. The summed E-state index contributed by atoms with van der Waals surface area (Å²) in [5.74, 6) is 0.419. The molecule has 4 aromatic rings. The van der Waals surface area contributed by atoms with E-state index in [1.165, 1.54) is 5.56 Å². The van der Waals surface area contributed by atoms with Crippen molar-refractivity contribution in [2.75, 3.05) is 11.9 Å². The number of fused-ring (bicyclic) bond motifs is 1. The number of hydrogen-bond acceptors (Lipinski definition) is 4. The Morgan fingerprint density at radius 1 is 0.969 bits per heavy atom. The van der Waals surface area contributed by atoms with Crippen LogP contribution in [0.1, 0.15) is 41.4 Å². The number of carbonyl (C=O) groups excluding carboxylic acids is 2. The van der Waals surface area contributed by atoms with E-state index in [1.807, 2.05) is 36.4 Å². The molecular weight excluding hydrogens is 470 g/mol. The van der Waals surface area contributed by atoms with Gasteiger partial charge in [-0.3, -0.25) is 9.59 Å². The molecule has 0 aliphatic rings. The lowest BCUT2D eigenvalue weighted by Crippen LogP contribution is -2.21. The molecule has 1 heterocycles. The number of anilines is 1. The molecule has 32 heavy (non-hydrogen) atoms. The van der Waals surface area contributed by atoms with Gasteiger partial charge in [-0.15, -0.1) is 0 Å². The Hall–Kier alpha value is -3.38. The van der Waals surface area contributed by atoms with Crippen LogP contribution in [0.3, 0.4) is 0 Å². The maximum Gasteiger partial charge on any atom is 0.262 e. The normalized spacial score (nSPS) is 11.0. The zero-order valence-corrected chi connectivity index (χ0v) is 19.3. The van der Waals surface area contributed by atoms with E-state index < -0.39 is 0 Å². The molecule has 0 aliphatic carbocycles. The Bertz CT molecular complexity index is 1260. The standard InChI is InChI=1S/C26H22BrNO4/c1-16(2)17-9-13-20(14-10-17)31-15-23(29)28-24-21-5-3-4-6-22(21)32-26(24)25(30)18-7-11-19(27)12-8-18/h3-14,16H,15H2,1-2H3,(H,28,29). The van der Waals surface area contributed by atoms with E-state index in [-0.39, 0.29) is 24.1 Å². The molecule has 1 aromatic heterocycles. The van der Waals surface area contributed by atoms with E-state index in [2.05, 4.69) is 35.1 Å². The second kappa shape index (κ2) is 9.40. The monoisotopic (exact) mass is 491 g/mol. The number of ketones is 1. The summed E-state index contributed by atoms with van der Waals surface area (Å²) in [7, 11) is 0. The van der Waals surface area contributed by atoms with Crippen molar-refractivity contribution < 1.29 is 18.7 Å². The molecule has 6 heteroatoms. The Kier molecular flexibility index (Phi) is 6.42. The highest BCUT2D eigenvalue weighted by Crippen LogP contribution is 2.32. The second-order valence-electron chi connectivity index (χ2n) is 7.70. The third kappa shape index (κ3) is 4.75. The van der Waals surface area contributed by atoms with E-state index in [4.69, 9.17) is 9.15 Å². The number of hydrogen-bond donors (Lipinski definition) is 1. The van der Waals surface area contributed by atoms with Crippen LogP contribution in [0.2, 0.25) is 0 Å². The molecule has 0 aliphatic heterocycles. The van der Waals surface area contributed by atoms with E-state index in [9.17, 15) is 9.59 Å². The molecule has 1 N–H and O–H groups in total. The van der Waals surface area contributed by atoms with Gasteiger partial charge in [0.25, 0.3) is 5.91 Å². The molecule has 0 saturated heterocycles. The van der Waals surface area contributed by atoms with Gasteiger partial charge < -0.3 is 14.5 Å². The van der Waals surface area contributed by atoms with E-state index in [0.29, 0.717) is 33.9 Å². The molecule has 0 fully saturated rings. The lowest BCUT2D eigenvalue weighted by atomic mass is 10.0. The van der Waals surface area contributed by atoms with Gasteiger partial charge in [-0.05, 0) is 60.0 Å². The molecular formula is C26H22BrNO4. The lowest BCUT2D eigenvalue weighted by molar-refractivity contribution is -0.118. The molecule has 0 saturated carbocycles. The first-order chi connectivity index (χ1) is 15.4. The molecule has 3 aromatic carbocycles. The van der Waals surface area contributed by atoms with E-state index in [0.717, 1.165) is 4.47 Å². The third-order valence-corrected chi connectivity index (χ3v) is 5.62. The second-order valence-corrected chi connectivity index (χ2v) is 8.61. The van der Waals surface area contributed by atoms with Gasteiger partial charge in [-0.1, -0.05) is 54.0 Å². The van der Waals surface area contributed by atoms with Gasteiger partial charge in [-0.2, -0.15) is 0 Å². The summed E-state index contributed by atoms with van der Waals surface area (Å²) in [5, 5.41) is 3.46. The number of halogens is 1. The first kappa shape index (κ1) is 21.8. The van der Waals surface area contributed by atoms with Crippen molar-refractivity contribution in [1.82, 2.24) is 0 Å². The number of para-hydroxylation sites is 1. The highest BCUT2D eigenvalue weighted by Gasteiger charge is 2.23. The first-order valence-electron chi connectivity index (χ1n) is 10.3. The maximum absolute atomic E-state index is 13.1. The van der Waals surface area contributed by atoms with Crippen LogP contribution in [0.4, 0.5) is 5.69 Å². The fraction of sp³-hybridized carbons (Fsp3) is 0.154. The van der Waals surface area contributed by atoms with Gasteiger partial charge in [0, 0.05) is 15.4 Å². The molecule has 4 rings (SSSR count). The fourth-order valence-electron chi connectivity index (χ4n) is 3.34. The summed E-state index contributed by atoms with van der Waals surface area (Å²) >= 11 is 3.37. The zero-order valence-electron chi connectivity index (χ0n) is 17.7. The number of carbonyl (C=O) groups is 2. The van der Waals surface area contributed by atoms with Crippen LogP contribution in [0.15, 0.2) is 81.7 Å². The summed E-state index contributed by atoms with van der Waals surface area (Å²) in [6.07, 6.45) is 0. The summed E-state index contributed by atoms with van der Waals surface area (Å²) in [6, 6.07) is 21.8. The smallest absolute Gasteiger partial charge is 0.262 e. The van der Waals surface area contributed by atoms with Crippen molar-refractivity contribution in [2.24, 2.45) is 0 Å². The highest BCUT2D eigenvalue weighted by atomic mass is 79.9. The molecule has 162 valence electrons. The Labute approximate surface area is 194 Å². The summed E-state index contributed by atoms with van der Waals surface area (Å²) in [4.78, 5) is 25.8. The third-order valence-electron chi connectivity index (χ3n) is 5.09. The number of ether oxygens (including phenoxy) is 1. The summed E-state index contributed by atoms with van der Waals surface area (Å²) in [5.41, 5.74) is 2.53. The van der Waals surface area contributed by atoms with Gasteiger partial charge in [-0.25, -0.2) is 0 Å². The molecule has 0 spiro atoms. The molecule has 0 unspecified atom stereocenters. The first-order valence-corrected chi connectivity index (χ1v) is 11.1. The molecule has 0 radical (unpaired) electrons. The summed E-state index contributed by atoms with van der Waals surface area (Å²) in [6.45, 7) is 4.05. The number of benzene rings is 3. The van der Waals surface area contributed by atoms with Crippen LogP contribution in [-0.2, 0) is 4.79 Å². The molecule has 1 amide bonds. The van der Waals surface area contributed by atoms with Crippen LogP contribution in [0.5, 0.6) is 5.75 Å². The van der Waals surface area contributed by atoms with Gasteiger partial charge in [0.1, 0.15) is 11.3 Å². The van der Waals surface area contributed by atoms with Crippen LogP contribution in [-0.4, -0.2) is 18.3 Å². The van der Waals surface area contributed by atoms with Gasteiger partial charge in [0.15, 0.2) is 12.4 Å². The van der Waals surface area contributed by atoms with Crippen molar-refractivity contribution in [3.05, 3.63) is 94.2 Å².